The van der Waals surface area contributed by atoms with Gasteiger partial charge in [0.15, 0.2) is 0 Å². The molecule has 0 atom stereocenters. The average Bonchev–Trinajstić information content (AvgIpc) is 3.92. The molecule has 0 unspecified atom stereocenters. The van der Waals surface area contributed by atoms with E-state index in [0.717, 1.165) is 12.8 Å². The molecule has 11 aromatic rings. The Labute approximate surface area is 330 Å². The lowest BCUT2D eigenvalue weighted by molar-refractivity contribution is 0.968. The van der Waals surface area contributed by atoms with Crippen LogP contribution >= 0.6 is 0 Å². The predicted octanol–water partition coefficient (Wildman–Crippen LogP) is 14.1. The second-order valence-corrected chi connectivity index (χ2v) is 15.3. The van der Waals surface area contributed by atoms with Crippen LogP contribution in [0.5, 0.6) is 0 Å². The van der Waals surface area contributed by atoms with Crippen molar-refractivity contribution in [1.82, 2.24) is 13.7 Å². The minimum atomic E-state index is 1.03. The van der Waals surface area contributed by atoms with E-state index in [0.29, 0.717) is 0 Å². The molecule has 8 aromatic carbocycles. The number of hydrogen-bond acceptors (Lipinski definition) is 0. The number of nitrogens with zero attached hydrogens (tertiary/aromatic N) is 3. The van der Waals surface area contributed by atoms with E-state index in [-0.39, 0.29) is 0 Å². The second kappa shape index (κ2) is 12.6. The number of aryl methyl sites for hydroxylation is 1. The smallest absolute Gasteiger partial charge is 0.0542 e. The number of fused-ring (bicyclic) bond motifs is 9. The molecule has 3 aromatic heterocycles. The molecule has 3 heterocycles. The lowest BCUT2D eigenvalue weighted by Gasteiger charge is -2.13. The maximum absolute atomic E-state index is 2.48. The third-order valence-electron chi connectivity index (χ3n) is 12.1. The molecule has 0 radical (unpaired) electrons. The normalized spacial score (nSPS) is 12.7. The molecule has 3 nitrogen and oxygen atoms in total. The largest absolute Gasteiger partial charge is 0.310 e. The van der Waals surface area contributed by atoms with Crippen LogP contribution in [0.1, 0.15) is 17.7 Å². The van der Waals surface area contributed by atoms with E-state index in [1.807, 2.05) is 0 Å². The van der Waals surface area contributed by atoms with Crippen molar-refractivity contribution < 1.29 is 0 Å². The Morgan fingerprint density at radius 2 is 0.825 bits per heavy atom. The van der Waals surface area contributed by atoms with Gasteiger partial charge in [0.25, 0.3) is 0 Å². The van der Waals surface area contributed by atoms with Gasteiger partial charge >= 0.3 is 0 Å². The van der Waals surface area contributed by atoms with E-state index in [9.17, 15) is 0 Å². The lowest BCUT2D eigenvalue weighted by Crippen LogP contribution is -2.00. The number of aromatic nitrogens is 3. The first-order valence-electron chi connectivity index (χ1n) is 19.9. The van der Waals surface area contributed by atoms with Crippen molar-refractivity contribution >= 4 is 60.6 Å². The molecule has 0 N–H and O–H groups in total. The van der Waals surface area contributed by atoms with Crippen molar-refractivity contribution in [1.29, 1.82) is 0 Å². The summed E-state index contributed by atoms with van der Waals surface area (Å²) in [4.78, 5) is 0. The molecule has 0 saturated heterocycles. The van der Waals surface area contributed by atoms with E-state index in [1.54, 1.807) is 0 Å². The summed E-state index contributed by atoms with van der Waals surface area (Å²) in [6.07, 6.45) is 6.75. The van der Waals surface area contributed by atoms with Crippen LogP contribution in [0.25, 0.3) is 99.9 Å². The van der Waals surface area contributed by atoms with Crippen LogP contribution in [0, 0.1) is 0 Å². The van der Waals surface area contributed by atoms with Crippen LogP contribution in [0.4, 0.5) is 0 Å². The van der Waals surface area contributed by atoms with Gasteiger partial charge in [-0.2, -0.15) is 0 Å². The third kappa shape index (κ3) is 4.92. The highest BCUT2D eigenvalue weighted by molar-refractivity contribution is 6.12. The van der Waals surface area contributed by atoms with Crippen molar-refractivity contribution in [2.45, 2.75) is 12.8 Å². The Hall–Kier alpha value is -7.36. The van der Waals surface area contributed by atoms with Crippen LogP contribution in [-0.2, 0) is 6.42 Å². The molecule has 3 heteroatoms. The molecular weight excluding hydrogens is 691 g/mol. The van der Waals surface area contributed by atoms with Crippen LogP contribution < -0.4 is 0 Å². The molecule has 1 aliphatic rings. The summed E-state index contributed by atoms with van der Waals surface area (Å²) in [6, 6.07) is 69.0. The number of benzene rings is 8. The van der Waals surface area contributed by atoms with Gasteiger partial charge in [-0.05, 0) is 126 Å². The fourth-order valence-corrected chi connectivity index (χ4v) is 9.53. The Balaban J connectivity index is 1.00. The molecule has 0 fully saturated rings. The summed E-state index contributed by atoms with van der Waals surface area (Å²) in [6.45, 7) is 0. The van der Waals surface area contributed by atoms with E-state index >= 15 is 0 Å². The molecular formula is C54H37N3. The Morgan fingerprint density at radius 1 is 0.316 bits per heavy atom. The quantitative estimate of drug-likeness (QED) is 0.168. The molecule has 268 valence electrons. The highest BCUT2D eigenvalue weighted by atomic mass is 15.0. The Bertz CT molecular complexity index is 3390. The maximum atomic E-state index is 2.48. The molecule has 0 aliphatic heterocycles. The molecule has 12 rings (SSSR count). The topological polar surface area (TPSA) is 14.8 Å². The van der Waals surface area contributed by atoms with Crippen LogP contribution in [-0.4, -0.2) is 13.7 Å². The summed E-state index contributed by atoms with van der Waals surface area (Å²) in [5.41, 5.74) is 17.3. The molecule has 1 aliphatic carbocycles. The molecule has 0 saturated carbocycles. The first kappa shape index (κ1) is 31.9. The van der Waals surface area contributed by atoms with Gasteiger partial charge in [-0.3, -0.25) is 0 Å². The summed E-state index contributed by atoms with van der Waals surface area (Å²) in [5, 5.41) is 6.39. The predicted molar refractivity (Wildman–Crippen MR) is 240 cm³/mol. The summed E-state index contributed by atoms with van der Waals surface area (Å²) in [5.74, 6) is 0. The number of para-hydroxylation sites is 3. The molecule has 0 spiro atoms. The van der Waals surface area contributed by atoms with Gasteiger partial charge in [0, 0.05) is 49.7 Å². The van der Waals surface area contributed by atoms with Crippen molar-refractivity contribution in [3.63, 3.8) is 0 Å². The van der Waals surface area contributed by atoms with Gasteiger partial charge in [-0.1, -0.05) is 115 Å². The van der Waals surface area contributed by atoms with Crippen molar-refractivity contribution in [2.75, 3.05) is 0 Å². The van der Waals surface area contributed by atoms with Gasteiger partial charge in [0.2, 0.25) is 0 Å². The third-order valence-corrected chi connectivity index (χ3v) is 12.1. The first-order valence-corrected chi connectivity index (χ1v) is 19.9. The SMILES string of the molecule is C1=Cc2c(c3cc(-c4ccc5c(c4)c4ccccc4n5-c4cccc(-c5ccccc5)c4)ccc3n2-c2ccc3c(c2)c2ccccc2n3-c2ccccc2)CC1. The van der Waals surface area contributed by atoms with Gasteiger partial charge in [-0.25, -0.2) is 0 Å². The van der Waals surface area contributed by atoms with Crippen molar-refractivity contribution in [2.24, 2.45) is 0 Å². The summed E-state index contributed by atoms with van der Waals surface area (Å²) >= 11 is 0. The number of hydrogen-bond donors (Lipinski definition) is 0. The molecule has 57 heavy (non-hydrogen) atoms. The minimum absolute atomic E-state index is 1.03. The van der Waals surface area contributed by atoms with E-state index < -0.39 is 0 Å². The van der Waals surface area contributed by atoms with Crippen molar-refractivity contribution in [3.8, 4) is 39.3 Å². The Morgan fingerprint density at radius 3 is 1.56 bits per heavy atom. The van der Waals surface area contributed by atoms with E-state index in [4.69, 9.17) is 0 Å². The zero-order valence-electron chi connectivity index (χ0n) is 31.3. The van der Waals surface area contributed by atoms with Gasteiger partial charge in [0.1, 0.15) is 0 Å². The first-order chi connectivity index (χ1) is 28.3. The van der Waals surface area contributed by atoms with Crippen LogP contribution in [0.3, 0.4) is 0 Å². The fourth-order valence-electron chi connectivity index (χ4n) is 9.53. The zero-order chi connectivity index (χ0) is 37.5. The number of allylic oxidation sites excluding steroid dienone is 1. The highest BCUT2D eigenvalue weighted by Gasteiger charge is 2.21. The zero-order valence-corrected chi connectivity index (χ0v) is 31.3. The highest BCUT2D eigenvalue weighted by Crippen LogP contribution is 2.41. The molecule has 0 amide bonds. The number of rotatable bonds is 5. The average molecular weight is 728 g/mol. The van der Waals surface area contributed by atoms with Crippen molar-refractivity contribution in [3.05, 3.63) is 205 Å². The van der Waals surface area contributed by atoms with Crippen LogP contribution in [0.2, 0.25) is 0 Å². The van der Waals surface area contributed by atoms with E-state index in [1.165, 1.54) is 105 Å². The monoisotopic (exact) mass is 727 g/mol. The summed E-state index contributed by atoms with van der Waals surface area (Å²) in [7, 11) is 0. The molecule has 0 bridgehead atoms. The van der Waals surface area contributed by atoms with Crippen LogP contribution in [0.15, 0.2) is 194 Å². The van der Waals surface area contributed by atoms with Gasteiger partial charge < -0.3 is 13.7 Å². The van der Waals surface area contributed by atoms with E-state index in [2.05, 4.69) is 214 Å². The minimum Gasteiger partial charge on any atom is -0.310 e. The van der Waals surface area contributed by atoms with Gasteiger partial charge in [-0.15, -0.1) is 0 Å². The Kier molecular flexibility index (Phi) is 7.05. The maximum Gasteiger partial charge on any atom is 0.0542 e. The second-order valence-electron chi connectivity index (χ2n) is 15.3. The standard InChI is InChI=1S/C54H37N3/c1-3-14-36(15-4-1)37-16-13-19-41(32-37)56-50-24-11-7-20-43(50)46-33-38(26-29-52(46)56)39-27-30-53-47(34-39)44-21-8-12-25-51(44)57(53)42-28-31-54-48(35-42)45-22-9-10-23-49(45)55(54)40-17-5-2-6-18-40/h1-7,9-20,22-35H,8,21H2. The fraction of sp³-hybridized carbons (Fsp3) is 0.0370. The summed E-state index contributed by atoms with van der Waals surface area (Å²) < 4.78 is 7.29. The van der Waals surface area contributed by atoms with Gasteiger partial charge in [0.05, 0.1) is 27.6 Å². The lowest BCUT2D eigenvalue weighted by atomic mass is 9.97.